The molecule has 2 aromatic heterocycles. The summed E-state index contributed by atoms with van der Waals surface area (Å²) >= 11 is 5.93. The molecule has 23 heavy (non-hydrogen) atoms. The molecule has 0 atom stereocenters. The number of alkyl halides is 2. The lowest BCUT2D eigenvalue weighted by molar-refractivity contribution is -0.0497. The quantitative estimate of drug-likeness (QED) is 0.734. The summed E-state index contributed by atoms with van der Waals surface area (Å²) in [5.41, 5.74) is 3.25. The fourth-order valence-corrected chi connectivity index (χ4v) is 2.41. The lowest BCUT2D eigenvalue weighted by Crippen LogP contribution is -2.04. The first-order chi connectivity index (χ1) is 11.0. The predicted molar refractivity (Wildman–Crippen MR) is 84.0 cm³/mol. The highest BCUT2D eigenvalue weighted by atomic mass is 35.5. The van der Waals surface area contributed by atoms with Crippen LogP contribution in [0, 0.1) is 6.92 Å². The summed E-state index contributed by atoms with van der Waals surface area (Å²) in [7, 11) is 0. The molecule has 3 aromatic rings. The van der Waals surface area contributed by atoms with Gasteiger partial charge in [0.05, 0.1) is 16.9 Å². The first kappa shape index (κ1) is 15.5. The van der Waals surface area contributed by atoms with Crippen LogP contribution in [0.5, 0.6) is 5.75 Å². The van der Waals surface area contributed by atoms with E-state index >= 15 is 0 Å². The van der Waals surface area contributed by atoms with Gasteiger partial charge in [0.25, 0.3) is 0 Å². The molecule has 0 aliphatic carbocycles. The second-order valence-electron chi connectivity index (χ2n) is 4.94. The van der Waals surface area contributed by atoms with E-state index in [9.17, 15) is 8.78 Å². The van der Waals surface area contributed by atoms with E-state index in [1.165, 1.54) is 6.07 Å². The number of fused-ring (bicyclic) bond motifs is 1. The second kappa shape index (κ2) is 6.37. The molecule has 3 rings (SSSR count). The van der Waals surface area contributed by atoms with E-state index in [4.69, 9.17) is 11.6 Å². The summed E-state index contributed by atoms with van der Waals surface area (Å²) in [6, 6.07) is 6.62. The van der Waals surface area contributed by atoms with Crippen LogP contribution in [-0.2, 0) is 6.54 Å². The Balaban J connectivity index is 1.71. The number of halogens is 3. The molecule has 0 aliphatic rings. The van der Waals surface area contributed by atoms with Crippen molar-refractivity contribution in [1.29, 1.82) is 0 Å². The Labute approximate surface area is 135 Å². The van der Waals surface area contributed by atoms with Gasteiger partial charge >= 0.3 is 6.61 Å². The van der Waals surface area contributed by atoms with Crippen molar-refractivity contribution in [2.75, 3.05) is 5.32 Å². The molecule has 0 saturated heterocycles. The van der Waals surface area contributed by atoms with Gasteiger partial charge in [-0.15, -0.1) is 0 Å². The highest BCUT2D eigenvalue weighted by Gasteiger charge is 2.09. The molecule has 2 heterocycles. The van der Waals surface area contributed by atoms with Crippen molar-refractivity contribution in [2.45, 2.75) is 20.1 Å². The normalized spacial score (nSPS) is 11.2. The van der Waals surface area contributed by atoms with Crippen molar-refractivity contribution in [2.24, 2.45) is 0 Å². The highest BCUT2D eigenvalue weighted by Crippen LogP contribution is 2.27. The summed E-state index contributed by atoms with van der Waals surface area (Å²) in [5, 5.41) is 11.2. The van der Waals surface area contributed by atoms with Gasteiger partial charge in [0.15, 0.2) is 5.65 Å². The molecule has 5 nitrogen and oxygen atoms in total. The molecule has 8 heteroatoms. The van der Waals surface area contributed by atoms with E-state index < -0.39 is 6.61 Å². The van der Waals surface area contributed by atoms with E-state index in [1.54, 1.807) is 18.3 Å². The molecular formula is C15H13ClF2N4O. The Bertz CT molecular complexity index is 837. The van der Waals surface area contributed by atoms with Crippen LogP contribution in [0.15, 0.2) is 30.5 Å². The average Bonchev–Trinajstić information content (AvgIpc) is 2.88. The number of H-pyrrole nitrogens is 1. The molecule has 1 aromatic carbocycles. The van der Waals surface area contributed by atoms with Crippen LogP contribution < -0.4 is 10.1 Å². The number of pyridine rings is 1. The maximum absolute atomic E-state index is 12.2. The Morgan fingerprint density at radius 3 is 2.91 bits per heavy atom. The molecule has 0 radical (unpaired) electrons. The zero-order chi connectivity index (χ0) is 16.4. The van der Waals surface area contributed by atoms with Crippen LogP contribution >= 0.6 is 11.6 Å². The van der Waals surface area contributed by atoms with Crippen molar-refractivity contribution in [1.82, 2.24) is 15.2 Å². The molecule has 0 unspecified atom stereocenters. The van der Waals surface area contributed by atoms with Crippen LogP contribution in [0.3, 0.4) is 0 Å². The number of aryl methyl sites for hydroxylation is 1. The van der Waals surface area contributed by atoms with Gasteiger partial charge in [0.1, 0.15) is 5.75 Å². The minimum Gasteiger partial charge on any atom is -0.433 e. The number of hydrogen-bond donors (Lipinski definition) is 2. The first-order valence-electron chi connectivity index (χ1n) is 6.81. The average molecular weight is 339 g/mol. The van der Waals surface area contributed by atoms with Crippen molar-refractivity contribution in [3.63, 3.8) is 0 Å². The second-order valence-corrected chi connectivity index (χ2v) is 5.35. The summed E-state index contributed by atoms with van der Waals surface area (Å²) in [5.74, 6) is -0.0393. The summed E-state index contributed by atoms with van der Waals surface area (Å²) in [6.07, 6.45) is 1.68. The van der Waals surface area contributed by atoms with E-state index in [2.05, 4.69) is 25.2 Å². The molecule has 0 amide bonds. The van der Waals surface area contributed by atoms with Gasteiger partial charge in [0.2, 0.25) is 0 Å². The standard InChI is InChI=1S/C15H13ClF2N4O/c1-8-11-5-10(7-20-14(11)22-21-8)19-6-9-2-3-13(12(16)4-9)23-15(17)18/h2-5,7,15,19H,6H2,1H3,(H,20,21,22). The van der Waals surface area contributed by atoms with E-state index in [-0.39, 0.29) is 10.8 Å². The molecule has 0 aliphatic heterocycles. The number of nitrogens with one attached hydrogen (secondary N) is 2. The molecule has 0 fully saturated rings. The predicted octanol–water partition coefficient (Wildman–Crippen LogP) is 4.13. The van der Waals surface area contributed by atoms with Gasteiger partial charge in [-0.05, 0) is 30.7 Å². The number of anilines is 1. The van der Waals surface area contributed by atoms with E-state index in [0.29, 0.717) is 12.2 Å². The first-order valence-corrected chi connectivity index (χ1v) is 7.18. The van der Waals surface area contributed by atoms with Crippen LogP contribution in [0.4, 0.5) is 14.5 Å². The zero-order valence-corrected chi connectivity index (χ0v) is 12.9. The number of hydrogen-bond acceptors (Lipinski definition) is 4. The number of nitrogens with zero attached hydrogens (tertiary/aromatic N) is 2. The maximum atomic E-state index is 12.2. The molecule has 0 spiro atoms. The van der Waals surface area contributed by atoms with Crippen molar-refractivity contribution >= 4 is 28.3 Å². The molecule has 0 saturated carbocycles. The third-order valence-electron chi connectivity index (χ3n) is 3.31. The largest absolute Gasteiger partial charge is 0.433 e. The smallest absolute Gasteiger partial charge is 0.387 e. The van der Waals surface area contributed by atoms with Crippen molar-refractivity contribution < 1.29 is 13.5 Å². The molecule has 0 bridgehead atoms. The van der Waals surface area contributed by atoms with Gasteiger partial charge < -0.3 is 10.1 Å². The number of ether oxygens (including phenoxy) is 1. The SMILES string of the molecule is Cc1[nH]nc2ncc(NCc3ccc(OC(F)F)c(Cl)c3)cc12. The number of rotatable bonds is 5. The third kappa shape index (κ3) is 3.50. The van der Waals surface area contributed by atoms with Gasteiger partial charge in [-0.25, -0.2) is 4.98 Å². The minimum atomic E-state index is -2.90. The highest BCUT2D eigenvalue weighted by molar-refractivity contribution is 6.32. The maximum Gasteiger partial charge on any atom is 0.387 e. The summed E-state index contributed by atoms with van der Waals surface area (Å²) in [4.78, 5) is 4.24. The lowest BCUT2D eigenvalue weighted by Gasteiger charge is -2.10. The number of aromatic nitrogens is 3. The third-order valence-corrected chi connectivity index (χ3v) is 3.60. The zero-order valence-electron chi connectivity index (χ0n) is 12.1. The Kier molecular flexibility index (Phi) is 4.29. The summed E-state index contributed by atoms with van der Waals surface area (Å²) in [6.45, 7) is -0.506. The lowest BCUT2D eigenvalue weighted by atomic mass is 10.2. The fourth-order valence-electron chi connectivity index (χ4n) is 2.17. The summed E-state index contributed by atoms with van der Waals surface area (Å²) < 4.78 is 28.7. The Morgan fingerprint density at radius 2 is 2.17 bits per heavy atom. The van der Waals surface area contributed by atoms with Crippen LogP contribution in [0.2, 0.25) is 5.02 Å². The van der Waals surface area contributed by atoms with Crippen LogP contribution in [0.1, 0.15) is 11.3 Å². The van der Waals surface area contributed by atoms with Crippen LogP contribution in [0.25, 0.3) is 11.0 Å². The fraction of sp³-hybridized carbons (Fsp3) is 0.200. The molecule has 2 N–H and O–H groups in total. The minimum absolute atomic E-state index is 0.0393. The van der Waals surface area contributed by atoms with Gasteiger partial charge in [-0.2, -0.15) is 13.9 Å². The van der Waals surface area contributed by atoms with E-state index in [0.717, 1.165) is 22.3 Å². The molecule has 120 valence electrons. The number of benzene rings is 1. The van der Waals surface area contributed by atoms with Crippen molar-refractivity contribution in [3.8, 4) is 5.75 Å². The van der Waals surface area contributed by atoms with Crippen LogP contribution in [-0.4, -0.2) is 21.8 Å². The van der Waals surface area contributed by atoms with Gasteiger partial charge in [-0.3, -0.25) is 5.10 Å². The van der Waals surface area contributed by atoms with Gasteiger partial charge in [-0.1, -0.05) is 17.7 Å². The Hall–Kier alpha value is -2.41. The monoisotopic (exact) mass is 338 g/mol. The van der Waals surface area contributed by atoms with Crippen molar-refractivity contribution in [3.05, 3.63) is 46.7 Å². The van der Waals surface area contributed by atoms with E-state index in [1.807, 2.05) is 13.0 Å². The topological polar surface area (TPSA) is 62.8 Å². The Morgan fingerprint density at radius 1 is 1.35 bits per heavy atom. The van der Waals surface area contributed by atoms with Gasteiger partial charge in [0, 0.05) is 17.6 Å². The number of aromatic amines is 1. The molecular weight excluding hydrogens is 326 g/mol.